The lowest BCUT2D eigenvalue weighted by atomic mass is 10.6. The fraction of sp³-hybridized carbons (Fsp3) is 1.00. The first-order valence-electron chi connectivity index (χ1n) is 3.01. The number of nitrogens with one attached hydrogen (secondary N) is 3. The molecule has 0 aromatic carbocycles. The molecular weight excluding hydrogens is 120 g/mol. The number of hydrogen-bond acceptors (Lipinski definition) is 4. The van der Waals surface area contributed by atoms with E-state index >= 15 is 0 Å². The summed E-state index contributed by atoms with van der Waals surface area (Å²) in [6, 6.07) is 0. The van der Waals surface area contributed by atoms with Gasteiger partial charge in [0, 0.05) is 6.54 Å². The molecular formula is C4H14N4O. The average molecular weight is 134 g/mol. The Hall–Kier alpha value is -0.200. The van der Waals surface area contributed by atoms with E-state index in [4.69, 9.17) is 5.84 Å². The van der Waals surface area contributed by atoms with Crippen molar-refractivity contribution < 1.29 is 5.28 Å². The van der Waals surface area contributed by atoms with Gasteiger partial charge in [-0.2, -0.15) is 5.84 Å². The van der Waals surface area contributed by atoms with Gasteiger partial charge in [-0.25, -0.2) is 5.28 Å². The molecule has 0 aromatic heterocycles. The Morgan fingerprint density at radius 1 is 1.56 bits per heavy atom. The van der Waals surface area contributed by atoms with Gasteiger partial charge in [0.15, 0.2) is 0 Å². The van der Waals surface area contributed by atoms with Gasteiger partial charge < -0.3 is 10.5 Å². The van der Waals surface area contributed by atoms with Crippen LogP contribution in [0, 0.1) is 5.21 Å². The Balaban J connectivity index is 2.75. The molecule has 0 rings (SSSR count). The summed E-state index contributed by atoms with van der Waals surface area (Å²) in [6.07, 6.45) is 0. The Morgan fingerprint density at radius 2 is 2.22 bits per heavy atom. The second-order valence-electron chi connectivity index (χ2n) is 1.64. The largest absolute Gasteiger partial charge is 0.593 e. The zero-order valence-electron chi connectivity index (χ0n) is 5.61. The van der Waals surface area contributed by atoms with Gasteiger partial charge in [0.2, 0.25) is 0 Å². The van der Waals surface area contributed by atoms with Gasteiger partial charge in [0.1, 0.15) is 0 Å². The number of hydrogen-bond donors (Lipinski definition) is 4. The molecule has 5 heteroatoms. The van der Waals surface area contributed by atoms with Gasteiger partial charge in [0.25, 0.3) is 0 Å². The van der Waals surface area contributed by atoms with E-state index in [2.05, 4.69) is 10.7 Å². The normalized spacial score (nSPS) is 13.7. The SMILES string of the molecule is CCNCCN[NH+](N)[O-]. The van der Waals surface area contributed by atoms with Crippen molar-refractivity contribution in [3.05, 3.63) is 5.21 Å². The molecule has 1 atom stereocenters. The molecule has 1 unspecified atom stereocenters. The summed E-state index contributed by atoms with van der Waals surface area (Å²) in [4.78, 5) is 0. The average Bonchev–Trinajstić information content (AvgIpc) is 1.80. The summed E-state index contributed by atoms with van der Waals surface area (Å²) in [5.74, 6) is 4.80. The summed E-state index contributed by atoms with van der Waals surface area (Å²) >= 11 is 0. The molecule has 0 spiro atoms. The number of rotatable bonds is 5. The molecule has 0 aromatic rings. The smallest absolute Gasteiger partial charge is 0.0593 e. The molecule has 0 amide bonds. The van der Waals surface area contributed by atoms with Crippen molar-refractivity contribution in [3.63, 3.8) is 0 Å². The molecule has 0 saturated heterocycles. The first kappa shape index (κ1) is 8.80. The highest BCUT2D eigenvalue weighted by atomic mass is 16.6. The third kappa shape index (κ3) is 7.80. The molecule has 5 nitrogen and oxygen atoms in total. The zero-order valence-corrected chi connectivity index (χ0v) is 5.61. The standard InChI is InChI=1S/C4H14N4O/c1-2-6-3-4-7-8(5)9/h6-8H,2-5H2,1H3. The molecule has 9 heavy (non-hydrogen) atoms. The van der Waals surface area contributed by atoms with Crippen LogP contribution in [0.25, 0.3) is 0 Å². The second-order valence-corrected chi connectivity index (χ2v) is 1.64. The van der Waals surface area contributed by atoms with Gasteiger partial charge in [0.05, 0.1) is 6.54 Å². The zero-order chi connectivity index (χ0) is 7.11. The van der Waals surface area contributed by atoms with E-state index in [1.807, 2.05) is 6.92 Å². The first-order valence-corrected chi connectivity index (χ1v) is 3.01. The predicted molar refractivity (Wildman–Crippen MR) is 35.1 cm³/mol. The molecule has 0 aliphatic carbocycles. The van der Waals surface area contributed by atoms with Gasteiger partial charge in [-0.3, -0.25) is 0 Å². The quantitative estimate of drug-likeness (QED) is 0.188. The van der Waals surface area contributed by atoms with Gasteiger partial charge in [-0.05, 0) is 6.54 Å². The monoisotopic (exact) mass is 134 g/mol. The molecule has 0 radical (unpaired) electrons. The number of quaternary nitrogens is 1. The molecule has 0 saturated carbocycles. The van der Waals surface area contributed by atoms with Gasteiger partial charge in [-0.1, -0.05) is 6.92 Å². The Labute approximate surface area is 54.7 Å². The van der Waals surface area contributed by atoms with E-state index in [9.17, 15) is 5.21 Å². The lowest BCUT2D eigenvalue weighted by Crippen LogP contribution is -3.19. The highest BCUT2D eigenvalue weighted by Crippen LogP contribution is 1.51. The minimum atomic E-state index is -0.465. The van der Waals surface area contributed by atoms with Crippen LogP contribution in [-0.2, 0) is 0 Å². The van der Waals surface area contributed by atoms with Crippen LogP contribution in [0.1, 0.15) is 6.92 Å². The summed E-state index contributed by atoms with van der Waals surface area (Å²) in [5, 5.41) is 12.6. The van der Waals surface area contributed by atoms with Gasteiger partial charge >= 0.3 is 0 Å². The van der Waals surface area contributed by atoms with Crippen LogP contribution in [0.15, 0.2) is 0 Å². The van der Waals surface area contributed by atoms with Crippen LogP contribution in [0.4, 0.5) is 0 Å². The van der Waals surface area contributed by atoms with E-state index in [0.717, 1.165) is 13.1 Å². The molecule has 5 N–H and O–H groups in total. The third-order valence-corrected chi connectivity index (χ3v) is 0.851. The van der Waals surface area contributed by atoms with Crippen molar-refractivity contribution in [3.8, 4) is 0 Å². The molecule has 0 aliphatic rings. The van der Waals surface area contributed by atoms with Crippen molar-refractivity contribution in [2.24, 2.45) is 5.84 Å². The number of likely N-dealkylation sites (N-methyl/N-ethyl adjacent to an activating group) is 1. The molecule has 0 bridgehead atoms. The second kappa shape index (κ2) is 5.93. The first-order chi connectivity index (χ1) is 4.27. The van der Waals surface area contributed by atoms with Crippen LogP contribution in [0.3, 0.4) is 0 Å². The topological polar surface area (TPSA) is 77.6 Å². The van der Waals surface area contributed by atoms with Crippen LogP contribution < -0.4 is 21.9 Å². The van der Waals surface area contributed by atoms with Crippen LogP contribution in [0.2, 0.25) is 0 Å². The van der Waals surface area contributed by atoms with Crippen molar-refractivity contribution in [2.75, 3.05) is 19.6 Å². The predicted octanol–water partition coefficient (Wildman–Crippen LogP) is -2.64. The molecule has 56 valence electrons. The van der Waals surface area contributed by atoms with E-state index in [0.29, 0.717) is 6.54 Å². The Bertz CT molecular complexity index is 58.5. The molecule has 0 fully saturated rings. The highest BCUT2D eigenvalue weighted by Gasteiger charge is 1.85. The summed E-state index contributed by atoms with van der Waals surface area (Å²) in [7, 11) is 0. The van der Waals surface area contributed by atoms with Crippen LogP contribution in [-0.4, -0.2) is 19.6 Å². The lowest BCUT2D eigenvalue weighted by Gasteiger charge is -2.14. The van der Waals surface area contributed by atoms with E-state index in [1.54, 1.807) is 0 Å². The number of nitrogens with two attached hydrogens (primary N) is 1. The van der Waals surface area contributed by atoms with Crippen molar-refractivity contribution in [1.29, 1.82) is 0 Å². The lowest BCUT2D eigenvalue weighted by molar-refractivity contribution is -0.908. The minimum Gasteiger partial charge on any atom is -0.593 e. The minimum absolute atomic E-state index is 0.465. The van der Waals surface area contributed by atoms with Gasteiger partial charge in [-0.15, -0.1) is 5.43 Å². The van der Waals surface area contributed by atoms with E-state index in [1.165, 1.54) is 0 Å². The van der Waals surface area contributed by atoms with Crippen molar-refractivity contribution >= 4 is 0 Å². The Morgan fingerprint density at radius 3 is 2.67 bits per heavy atom. The van der Waals surface area contributed by atoms with Crippen molar-refractivity contribution in [1.82, 2.24) is 10.7 Å². The van der Waals surface area contributed by atoms with E-state index < -0.39 is 5.28 Å². The molecule has 0 aliphatic heterocycles. The highest BCUT2D eigenvalue weighted by molar-refractivity contribution is 4.40. The maximum atomic E-state index is 10.0. The fourth-order valence-corrected chi connectivity index (χ4v) is 0.451. The maximum absolute atomic E-state index is 10.0. The van der Waals surface area contributed by atoms with E-state index in [-0.39, 0.29) is 0 Å². The summed E-state index contributed by atoms with van der Waals surface area (Å²) in [6.45, 7) is 4.30. The third-order valence-electron chi connectivity index (χ3n) is 0.851. The summed E-state index contributed by atoms with van der Waals surface area (Å²) in [5.41, 5.74) is 2.46. The fourth-order valence-electron chi connectivity index (χ4n) is 0.451. The molecule has 0 heterocycles. The van der Waals surface area contributed by atoms with Crippen LogP contribution >= 0.6 is 0 Å². The van der Waals surface area contributed by atoms with Crippen molar-refractivity contribution in [2.45, 2.75) is 6.92 Å². The maximum Gasteiger partial charge on any atom is 0.0593 e. The van der Waals surface area contributed by atoms with Crippen LogP contribution in [0.5, 0.6) is 0 Å². The Kier molecular flexibility index (Phi) is 5.80. The summed E-state index contributed by atoms with van der Waals surface area (Å²) < 4.78 is 0.